The molecule has 1 aromatic rings. The van der Waals surface area contributed by atoms with Gasteiger partial charge in [0.15, 0.2) is 0 Å². The summed E-state index contributed by atoms with van der Waals surface area (Å²) in [5.74, 6) is -0.424. The minimum Gasteiger partial charge on any atom is -0.292 e. The monoisotopic (exact) mass is 331 g/mol. The number of hydrogen-bond acceptors (Lipinski definition) is 2. The van der Waals surface area contributed by atoms with Crippen LogP contribution in [0.4, 0.5) is 9.18 Å². The van der Waals surface area contributed by atoms with Crippen LogP contribution in [0.25, 0.3) is 0 Å². The molecule has 0 fully saturated rings. The Bertz CT molecular complexity index is 564. The number of hydrazone groups is 1. The Labute approximate surface area is 133 Å². The van der Waals surface area contributed by atoms with Gasteiger partial charge in [0.25, 0.3) is 0 Å². The summed E-state index contributed by atoms with van der Waals surface area (Å²) in [5.41, 5.74) is 2.02. The third-order valence-corrected chi connectivity index (χ3v) is 2.63. The summed E-state index contributed by atoms with van der Waals surface area (Å²) >= 11 is 11.2. The van der Waals surface area contributed by atoms with Crippen molar-refractivity contribution in [1.29, 1.82) is 0 Å². The van der Waals surface area contributed by atoms with Crippen LogP contribution in [0.15, 0.2) is 40.1 Å². The van der Waals surface area contributed by atoms with E-state index >= 15 is 0 Å². The van der Waals surface area contributed by atoms with E-state index in [2.05, 4.69) is 10.5 Å². The summed E-state index contributed by atoms with van der Waals surface area (Å²) in [6, 6.07) is 5.56. The van der Waals surface area contributed by atoms with E-state index < -0.39 is 17.4 Å². The van der Waals surface area contributed by atoms with Crippen LogP contribution in [0.2, 0.25) is 0 Å². The first-order valence-corrected chi connectivity index (χ1v) is 6.87. The molecular weight excluding hydrogens is 316 g/mol. The highest BCUT2D eigenvalue weighted by molar-refractivity contribution is 6.55. The predicted molar refractivity (Wildman–Crippen MR) is 83.9 cm³/mol. The fraction of sp³-hybridized carbons (Fsp3) is 0.286. The minimum atomic E-state index is -0.549. The smallest absolute Gasteiger partial charge is 0.292 e. The molecule has 0 aliphatic carbocycles. The van der Waals surface area contributed by atoms with Crippen LogP contribution in [0.1, 0.15) is 26.3 Å². The number of hydrogen-bond donors (Lipinski definition) is 1. The summed E-state index contributed by atoms with van der Waals surface area (Å²) < 4.78 is 13.3. The van der Waals surface area contributed by atoms with E-state index in [1.807, 2.05) is 0 Å². The second-order valence-corrected chi connectivity index (χ2v) is 6.16. The molecule has 0 aromatic heterocycles. The lowest BCUT2D eigenvalue weighted by molar-refractivity contribution is 0.179. The highest BCUT2D eigenvalue weighted by atomic mass is 35.5. The summed E-state index contributed by atoms with van der Waals surface area (Å²) in [4.78, 5) is 13.3. The van der Waals surface area contributed by atoms with Crippen molar-refractivity contribution in [3.05, 3.63) is 46.3 Å². The fourth-order valence-corrected chi connectivity index (χ4v) is 1.64. The van der Waals surface area contributed by atoms with Gasteiger partial charge in [-0.3, -0.25) is 4.90 Å². The van der Waals surface area contributed by atoms with Gasteiger partial charge >= 0.3 is 6.03 Å². The molecule has 0 bridgehead atoms. The van der Waals surface area contributed by atoms with Gasteiger partial charge in [-0.15, -0.1) is 0 Å². The second kappa shape index (κ2) is 7.43. The molecule has 0 spiro atoms. The number of rotatable bonds is 3. The Hall–Kier alpha value is -1.59. The fourth-order valence-electron chi connectivity index (χ4n) is 1.45. The van der Waals surface area contributed by atoms with Crippen LogP contribution >= 0.6 is 23.2 Å². The molecule has 0 unspecified atom stereocenters. The topological polar surface area (TPSA) is 44.7 Å². The van der Waals surface area contributed by atoms with Crippen LogP contribution < -0.4 is 5.43 Å². The average molecular weight is 332 g/mol. The van der Waals surface area contributed by atoms with Gasteiger partial charge in [-0.05, 0) is 26.8 Å². The van der Waals surface area contributed by atoms with Crippen molar-refractivity contribution >= 4 is 35.4 Å². The van der Waals surface area contributed by atoms with Crippen LogP contribution in [0.5, 0.6) is 0 Å². The highest BCUT2D eigenvalue weighted by Gasteiger charge is 2.25. The number of nitrogens with zero attached hydrogens (tertiary/aromatic N) is 2. The third-order valence-electron chi connectivity index (χ3n) is 2.44. The lowest BCUT2D eigenvalue weighted by Crippen LogP contribution is -2.45. The molecule has 0 aliphatic heterocycles. The number of nitrogens with one attached hydrogen (secondary N) is 1. The molecule has 0 radical (unpaired) electrons. The maximum absolute atomic E-state index is 13.4. The zero-order valence-electron chi connectivity index (χ0n) is 11.9. The molecule has 2 amide bonds. The molecule has 21 heavy (non-hydrogen) atoms. The number of carbonyl (C=O) groups is 1. The van der Waals surface area contributed by atoms with E-state index in [1.54, 1.807) is 39.0 Å². The molecule has 1 N–H and O–H groups in total. The molecule has 1 aromatic carbocycles. The normalized spacial score (nSPS) is 11.3. The molecule has 0 saturated heterocycles. The van der Waals surface area contributed by atoms with Crippen molar-refractivity contribution in [2.24, 2.45) is 5.10 Å². The van der Waals surface area contributed by atoms with E-state index in [4.69, 9.17) is 23.2 Å². The Morgan fingerprint density at radius 3 is 2.48 bits per heavy atom. The van der Waals surface area contributed by atoms with Gasteiger partial charge in [0, 0.05) is 17.3 Å². The standard InChI is InChI=1S/C14H16Cl2FN3O/c1-14(2,3)20(9-12(15)16)13(21)19-18-8-10-6-4-5-7-11(10)17/h4-9H,1-3H3,(H,19,21). The van der Waals surface area contributed by atoms with E-state index in [0.29, 0.717) is 0 Å². The van der Waals surface area contributed by atoms with Crippen molar-refractivity contribution in [3.63, 3.8) is 0 Å². The molecule has 1 rings (SSSR count). The van der Waals surface area contributed by atoms with Gasteiger partial charge in [0.05, 0.1) is 6.21 Å². The molecule has 4 nitrogen and oxygen atoms in total. The maximum atomic E-state index is 13.4. The quantitative estimate of drug-likeness (QED) is 0.653. The van der Waals surface area contributed by atoms with Gasteiger partial charge in [-0.2, -0.15) is 5.10 Å². The Kier molecular flexibility index (Phi) is 6.18. The van der Waals surface area contributed by atoms with Crippen molar-refractivity contribution in [2.45, 2.75) is 26.3 Å². The van der Waals surface area contributed by atoms with Crippen molar-refractivity contribution < 1.29 is 9.18 Å². The zero-order valence-corrected chi connectivity index (χ0v) is 13.4. The van der Waals surface area contributed by atoms with Crippen LogP contribution in [-0.4, -0.2) is 22.7 Å². The summed E-state index contributed by atoms with van der Waals surface area (Å²) in [6.45, 7) is 5.42. The molecule has 0 saturated carbocycles. The molecule has 114 valence electrons. The van der Waals surface area contributed by atoms with Gasteiger partial charge in [-0.25, -0.2) is 14.6 Å². The zero-order chi connectivity index (χ0) is 16.0. The van der Waals surface area contributed by atoms with Crippen LogP contribution in [0.3, 0.4) is 0 Å². The van der Waals surface area contributed by atoms with Crippen LogP contribution in [-0.2, 0) is 0 Å². The van der Waals surface area contributed by atoms with Gasteiger partial charge in [-0.1, -0.05) is 41.4 Å². The van der Waals surface area contributed by atoms with E-state index in [1.165, 1.54) is 23.4 Å². The first-order valence-electron chi connectivity index (χ1n) is 6.11. The Morgan fingerprint density at radius 2 is 1.95 bits per heavy atom. The Balaban J connectivity index is 2.80. The third kappa shape index (κ3) is 5.73. The highest BCUT2D eigenvalue weighted by Crippen LogP contribution is 2.18. The van der Waals surface area contributed by atoms with Gasteiger partial charge in [0.1, 0.15) is 10.3 Å². The second-order valence-electron chi connectivity index (χ2n) is 5.16. The lowest BCUT2D eigenvalue weighted by atomic mass is 10.1. The Morgan fingerprint density at radius 1 is 1.33 bits per heavy atom. The molecule has 7 heteroatoms. The average Bonchev–Trinajstić information content (AvgIpc) is 2.36. The van der Waals surface area contributed by atoms with E-state index in [9.17, 15) is 9.18 Å². The molecular formula is C14H16Cl2FN3O. The number of amides is 2. The lowest BCUT2D eigenvalue weighted by Gasteiger charge is -2.31. The van der Waals surface area contributed by atoms with Gasteiger partial charge in [0.2, 0.25) is 0 Å². The largest absolute Gasteiger partial charge is 0.342 e. The van der Waals surface area contributed by atoms with Gasteiger partial charge < -0.3 is 0 Å². The molecule has 0 heterocycles. The number of urea groups is 1. The predicted octanol–water partition coefficient (Wildman–Crippen LogP) is 4.25. The molecule has 0 aliphatic rings. The first kappa shape index (κ1) is 17.5. The van der Waals surface area contributed by atoms with Crippen molar-refractivity contribution in [2.75, 3.05) is 0 Å². The summed E-state index contributed by atoms with van der Waals surface area (Å²) in [7, 11) is 0. The van der Waals surface area contributed by atoms with Crippen molar-refractivity contribution in [1.82, 2.24) is 10.3 Å². The molecule has 0 atom stereocenters. The number of benzene rings is 1. The maximum Gasteiger partial charge on any atom is 0.342 e. The van der Waals surface area contributed by atoms with Crippen molar-refractivity contribution in [3.8, 4) is 0 Å². The summed E-state index contributed by atoms with van der Waals surface area (Å²) in [6.07, 6.45) is 2.51. The van der Waals surface area contributed by atoms with E-state index in [0.717, 1.165) is 0 Å². The number of halogens is 3. The first-order chi connectivity index (χ1) is 9.71. The SMILES string of the molecule is CC(C)(C)N(C=C(Cl)Cl)C(=O)NN=Cc1ccccc1F. The van der Waals surface area contributed by atoms with E-state index in [-0.39, 0.29) is 10.1 Å². The summed E-state index contributed by atoms with van der Waals surface area (Å²) in [5, 5.41) is 3.72. The minimum absolute atomic E-state index is 0.0573. The number of carbonyl (C=O) groups excluding carboxylic acids is 1. The van der Waals surface area contributed by atoms with Crippen LogP contribution in [0, 0.1) is 5.82 Å².